The number of carbonyl (C=O) groups is 3. The van der Waals surface area contributed by atoms with Gasteiger partial charge >= 0.3 is 5.97 Å². The van der Waals surface area contributed by atoms with Crippen LogP contribution in [0.1, 0.15) is 70.2 Å². The fourth-order valence-electron chi connectivity index (χ4n) is 4.96. The van der Waals surface area contributed by atoms with Crippen LogP contribution in [0.3, 0.4) is 0 Å². The van der Waals surface area contributed by atoms with E-state index in [9.17, 15) is 19.5 Å². The van der Waals surface area contributed by atoms with E-state index < -0.39 is 5.97 Å². The van der Waals surface area contributed by atoms with Gasteiger partial charge in [0.15, 0.2) is 0 Å². The molecule has 4 aromatic rings. The van der Waals surface area contributed by atoms with Crippen molar-refractivity contribution >= 4 is 17.8 Å². The number of nitrogens with zero attached hydrogens (tertiary/aromatic N) is 1. The summed E-state index contributed by atoms with van der Waals surface area (Å²) in [5, 5.41) is 12.4. The molecule has 222 valence electrons. The summed E-state index contributed by atoms with van der Waals surface area (Å²) in [6.07, 6.45) is 0.445. The van der Waals surface area contributed by atoms with E-state index in [0.29, 0.717) is 41.8 Å². The van der Waals surface area contributed by atoms with Crippen LogP contribution in [0.2, 0.25) is 0 Å². The summed E-state index contributed by atoms with van der Waals surface area (Å²) in [6, 6.07) is 30.8. The highest BCUT2D eigenvalue weighted by molar-refractivity contribution is 6.06. The van der Waals surface area contributed by atoms with E-state index in [0.717, 1.165) is 16.7 Å². The van der Waals surface area contributed by atoms with Crippen LogP contribution < -0.4 is 5.32 Å². The van der Waals surface area contributed by atoms with Crippen LogP contribution in [-0.4, -0.2) is 40.9 Å². The first-order chi connectivity index (χ1) is 20.5. The molecule has 0 aromatic heterocycles. The summed E-state index contributed by atoms with van der Waals surface area (Å²) >= 11 is 0. The third-order valence-electron chi connectivity index (χ3n) is 7.57. The molecule has 2 amide bonds. The second kappa shape index (κ2) is 14.0. The highest BCUT2D eigenvalue weighted by Gasteiger charge is 2.23. The van der Waals surface area contributed by atoms with Gasteiger partial charge < -0.3 is 15.3 Å². The number of nitrogens with one attached hydrogen (secondary N) is 1. The topological polar surface area (TPSA) is 86.7 Å². The Morgan fingerprint density at radius 3 is 1.88 bits per heavy atom. The van der Waals surface area contributed by atoms with E-state index in [1.165, 1.54) is 5.56 Å². The third kappa shape index (κ3) is 8.41. The number of aliphatic carboxylic acids is 1. The van der Waals surface area contributed by atoms with Crippen molar-refractivity contribution in [1.29, 1.82) is 0 Å². The predicted octanol–water partition coefficient (Wildman–Crippen LogP) is 7.05. The smallest absolute Gasteiger partial charge is 0.305 e. The maximum absolute atomic E-state index is 13.9. The van der Waals surface area contributed by atoms with Crippen LogP contribution in [0, 0.1) is 6.92 Å². The maximum Gasteiger partial charge on any atom is 0.305 e. The molecule has 0 bridgehead atoms. The summed E-state index contributed by atoms with van der Waals surface area (Å²) in [6.45, 7) is 9.35. The predicted molar refractivity (Wildman–Crippen MR) is 171 cm³/mol. The molecule has 6 nitrogen and oxygen atoms in total. The number of hydrogen-bond donors (Lipinski definition) is 2. The van der Waals surface area contributed by atoms with Crippen LogP contribution in [0.15, 0.2) is 97.1 Å². The minimum Gasteiger partial charge on any atom is -0.481 e. The maximum atomic E-state index is 13.9. The summed E-state index contributed by atoms with van der Waals surface area (Å²) in [5.74, 6) is -1.46. The van der Waals surface area contributed by atoms with Gasteiger partial charge in [0.2, 0.25) is 0 Å². The Morgan fingerprint density at radius 1 is 0.721 bits per heavy atom. The molecule has 0 saturated heterocycles. The lowest BCUT2D eigenvalue weighted by molar-refractivity contribution is -0.137. The van der Waals surface area contributed by atoms with Crippen molar-refractivity contribution in [2.24, 2.45) is 0 Å². The number of rotatable bonds is 11. The Labute approximate surface area is 254 Å². The highest BCUT2D eigenvalue weighted by Crippen LogP contribution is 2.29. The molecule has 0 fully saturated rings. The van der Waals surface area contributed by atoms with Crippen LogP contribution in [0.4, 0.5) is 0 Å². The van der Waals surface area contributed by atoms with Crippen molar-refractivity contribution < 1.29 is 19.5 Å². The van der Waals surface area contributed by atoms with Gasteiger partial charge in [-0.15, -0.1) is 0 Å². The van der Waals surface area contributed by atoms with Crippen molar-refractivity contribution in [3.8, 4) is 11.1 Å². The standard InChI is InChI=1S/C37H40N2O4/c1-26-13-15-27(16-14-26)21-23-39(24-22-34(40)41)36(43)33-12-8-6-10-31(33)30-9-5-7-11-32(30)35(42)38-25-28-17-19-29(20-18-28)37(2,3)4/h5-20H,21-25H2,1-4H3,(H,38,42)(H,40,41). The van der Waals surface area contributed by atoms with Gasteiger partial charge in [0.25, 0.3) is 11.8 Å². The van der Waals surface area contributed by atoms with Crippen LogP contribution in [-0.2, 0) is 23.2 Å². The molecule has 4 aromatic carbocycles. The summed E-state index contributed by atoms with van der Waals surface area (Å²) in [7, 11) is 0. The molecule has 2 N–H and O–H groups in total. The lowest BCUT2D eigenvalue weighted by Crippen LogP contribution is -2.35. The Bertz CT molecular complexity index is 1570. The molecule has 0 heterocycles. The normalized spacial score (nSPS) is 11.2. The highest BCUT2D eigenvalue weighted by atomic mass is 16.4. The van der Waals surface area contributed by atoms with E-state index in [-0.39, 0.29) is 30.2 Å². The second-order valence-corrected chi connectivity index (χ2v) is 11.9. The van der Waals surface area contributed by atoms with E-state index in [1.807, 2.05) is 73.7 Å². The average Bonchev–Trinajstić information content (AvgIpc) is 3.00. The number of hydrogen-bond acceptors (Lipinski definition) is 3. The second-order valence-electron chi connectivity index (χ2n) is 11.9. The Balaban J connectivity index is 1.57. The van der Waals surface area contributed by atoms with Crippen molar-refractivity contribution in [1.82, 2.24) is 10.2 Å². The lowest BCUT2D eigenvalue weighted by Gasteiger charge is -2.24. The molecule has 0 atom stereocenters. The van der Waals surface area contributed by atoms with Gasteiger partial charge in [0.1, 0.15) is 0 Å². The molecule has 0 aliphatic carbocycles. The van der Waals surface area contributed by atoms with Crippen molar-refractivity contribution in [3.05, 3.63) is 130 Å². The van der Waals surface area contributed by atoms with Gasteiger partial charge in [-0.2, -0.15) is 0 Å². The zero-order chi connectivity index (χ0) is 31.0. The fraction of sp³-hybridized carbons (Fsp3) is 0.270. The van der Waals surface area contributed by atoms with Gasteiger partial charge in [-0.3, -0.25) is 14.4 Å². The quantitative estimate of drug-likeness (QED) is 0.200. The van der Waals surface area contributed by atoms with Crippen molar-refractivity contribution in [2.45, 2.75) is 52.5 Å². The SMILES string of the molecule is Cc1ccc(CCN(CCC(=O)O)C(=O)c2ccccc2-c2ccccc2C(=O)NCc2ccc(C(C)(C)C)cc2)cc1. The minimum absolute atomic E-state index is 0.0510. The summed E-state index contributed by atoms with van der Waals surface area (Å²) in [5.41, 5.74) is 6.66. The molecule has 0 aliphatic rings. The number of carboxylic acids is 1. The van der Waals surface area contributed by atoms with E-state index >= 15 is 0 Å². The largest absolute Gasteiger partial charge is 0.481 e. The molecule has 0 unspecified atom stereocenters. The van der Waals surface area contributed by atoms with E-state index in [2.05, 4.69) is 38.2 Å². The van der Waals surface area contributed by atoms with Crippen LogP contribution >= 0.6 is 0 Å². The molecular formula is C37H40N2O4. The first-order valence-electron chi connectivity index (χ1n) is 14.7. The van der Waals surface area contributed by atoms with E-state index in [4.69, 9.17) is 0 Å². The molecule has 0 aliphatic heterocycles. The number of benzene rings is 4. The first kappa shape index (κ1) is 31.2. The monoisotopic (exact) mass is 576 g/mol. The van der Waals surface area contributed by atoms with Crippen LogP contribution in [0.25, 0.3) is 11.1 Å². The molecule has 0 radical (unpaired) electrons. The summed E-state index contributed by atoms with van der Waals surface area (Å²) < 4.78 is 0. The zero-order valence-electron chi connectivity index (χ0n) is 25.4. The number of carbonyl (C=O) groups excluding carboxylic acids is 2. The lowest BCUT2D eigenvalue weighted by atomic mass is 9.87. The molecule has 0 spiro atoms. The zero-order valence-corrected chi connectivity index (χ0v) is 25.4. The van der Waals surface area contributed by atoms with Gasteiger partial charge in [-0.05, 0) is 58.7 Å². The average molecular weight is 577 g/mol. The third-order valence-corrected chi connectivity index (χ3v) is 7.57. The molecule has 43 heavy (non-hydrogen) atoms. The van der Waals surface area contributed by atoms with Gasteiger partial charge in [-0.25, -0.2) is 0 Å². The van der Waals surface area contributed by atoms with Gasteiger partial charge in [0, 0.05) is 30.8 Å². The minimum atomic E-state index is -0.962. The Hall–Kier alpha value is -4.71. The van der Waals surface area contributed by atoms with Crippen molar-refractivity contribution in [3.63, 3.8) is 0 Å². The number of carboxylic acid groups (broad SMARTS) is 1. The Morgan fingerprint density at radius 2 is 1.28 bits per heavy atom. The number of amides is 2. The van der Waals surface area contributed by atoms with Crippen LogP contribution in [0.5, 0.6) is 0 Å². The molecular weight excluding hydrogens is 536 g/mol. The van der Waals surface area contributed by atoms with Crippen molar-refractivity contribution in [2.75, 3.05) is 13.1 Å². The molecule has 0 saturated carbocycles. The summed E-state index contributed by atoms with van der Waals surface area (Å²) in [4.78, 5) is 40.4. The molecule has 4 rings (SSSR count). The fourth-order valence-corrected chi connectivity index (χ4v) is 4.96. The number of aryl methyl sites for hydroxylation is 1. The van der Waals surface area contributed by atoms with E-state index in [1.54, 1.807) is 23.1 Å². The first-order valence-corrected chi connectivity index (χ1v) is 14.7. The molecule has 6 heteroatoms. The Kier molecular flexibility index (Phi) is 10.1. The van der Waals surface area contributed by atoms with Gasteiger partial charge in [-0.1, -0.05) is 111 Å². The van der Waals surface area contributed by atoms with Gasteiger partial charge in [0.05, 0.1) is 6.42 Å².